The zero-order valence-corrected chi connectivity index (χ0v) is 13.0. The van der Waals surface area contributed by atoms with E-state index < -0.39 is 46.9 Å². The number of carbonyl (C=O) groups excluding carboxylic acids is 1. The Balaban J connectivity index is 2.15. The van der Waals surface area contributed by atoms with Crippen molar-refractivity contribution < 1.29 is 36.6 Å². The van der Waals surface area contributed by atoms with Gasteiger partial charge in [-0.3, -0.25) is 4.79 Å². The van der Waals surface area contributed by atoms with Gasteiger partial charge in [0, 0.05) is 6.42 Å². The maximum Gasteiger partial charge on any atom is 0.416 e. The first-order valence-electron chi connectivity index (χ1n) is 7.23. The summed E-state index contributed by atoms with van der Waals surface area (Å²) < 4.78 is 64.3. The van der Waals surface area contributed by atoms with Gasteiger partial charge in [0.15, 0.2) is 11.6 Å². The average molecular weight is 373 g/mol. The number of aliphatic carboxylic acids is 1. The summed E-state index contributed by atoms with van der Waals surface area (Å²) in [6, 6.07) is 5.03. The van der Waals surface area contributed by atoms with E-state index in [9.17, 15) is 36.6 Å². The minimum atomic E-state index is -4.53. The van der Waals surface area contributed by atoms with Crippen molar-refractivity contribution >= 4 is 11.9 Å². The minimum Gasteiger partial charge on any atom is -0.480 e. The molecule has 0 fully saturated rings. The second-order valence-corrected chi connectivity index (χ2v) is 5.36. The molecule has 0 aliphatic heterocycles. The van der Waals surface area contributed by atoms with Crippen LogP contribution in [-0.2, 0) is 17.4 Å². The summed E-state index contributed by atoms with van der Waals surface area (Å²) >= 11 is 0. The lowest BCUT2D eigenvalue weighted by Crippen LogP contribution is -2.42. The first-order chi connectivity index (χ1) is 12.1. The molecular weight excluding hydrogens is 361 g/mol. The van der Waals surface area contributed by atoms with Gasteiger partial charge in [0.1, 0.15) is 6.04 Å². The van der Waals surface area contributed by atoms with Crippen LogP contribution in [0.3, 0.4) is 0 Å². The molecule has 138 valence electrons. The highest BCUT2D eigenvalue weighted by molar-refractivity contribution is 5.96. The smallest absolute Gasteiger partial charge is 0.416 e. The highest BCUT2D eigenvalue weighted by atomic mass is 19.4. The molecular formula is C17H12F5NO3. The van der Waals surface area contributed by atoms with Crippen LogP contribution in [0.5, 0.6) is 0 Å². The third kappa shape index (κ3) is 4.56. The summed E-state index contributed by atoms with van der Waals surface area (Å²) in [4.78, 5) is 23.3. The van der Waals surface area contributed by atoms with Crippen molar-refractivity contribution in [3.8, 4) is 0 Å². The molecule has 9 heteroatoms. The number of rotatable bonds is 5. The van der Waals surface area contributed by atoms with E-state index in [0.717, 1.165) is 42.5 Å². The summed E-state index contributed by atoms with van der Waals surface area (Å²) in [6.07, 6.45) is -4.87. The van der Waals surface area contributed by atoms with E-state index in [1.165, 1.54) is 0 Å². The Bertz CT molecular complexity index is 818. The van der Waals surface area contributed by atoms with Gasteiger partial charge in [-0.2, -0.15) is 13.2 Å². The van der Waals surface area contributed by atoms with Crippen molar-refractivity contribution in [2.24, 2.45) is 0 Å². The molecule has 0 unspecified atom stereocenters. The van der Waals surface area contributed by atoms with Crippen LogP contribution in [-0.4, -0.2) is 23.0 Å². The number of halogens is 5. The molecule has 0 radical (unpaired) electrons. The van der Waals surface area contributed by atoms with Crippen molar-refractivity contribution in [2.45, 2.75) is 18.6 Å². The number of amides is 1. The van der Waals surface area contributed by atoms with Crippen LogP contribution in [0.25, 0.3) is 0 Å². The van der Waals surface area contributed by atoms with Crippen LogP contribution in [0.1, 0.15) is 21.5 Å². The fourth-order valence-corrected chi connectivity index (χ4v) is 2.18. The fourth-order valence-electron chi connectivity index (χ4n) is 2.18. The summed E-state index contributed by atoms with van der Waals surface area (Å²) in [5.74, 6) is -5.33. The van der Waals surface area contributed by atoms with Crippen molar-refractivity contribution in [3.63, 3.8) is 0 Å². The lowest BCUT2D eigenvalue weighted by Gasteiger charge is -2.15. The van der Waals surface area contributed by atoms with Crippen LogP contribution in [0, 0.1) is 11.6 Å². The van der Waals surface area contributed by atoms with E-state index in [-0.39, 0.29) is 12.0 Å². The Kier molecular flexibility index (Phi) is 5.59. The highest BCUT2D eigenvalue weighted by Gasteiger charge is 2.30. The van der Waals surface area contributed by atoms with Gasteiger partial charge < -0.3 is 10.4 Å². The molecule has 1 atom stereocenters. The molecule has 0 saturated carbocycles. The second kappa shape index (κ2) is 7.51. The molecule has 0 spiro atoms. The average Bonchev–Trinajstić information content (AvgIpc) is 2.56. The Morgan fingerprint density at radius 2 is 1.65 bits per heavy atom. The Hall–Kier alpha value is -2.97. The first-order valence-corrected chi connectivity index (χ1v) is 7.23. The largest absolute Gasteiger partial charge is 0.480 e. The normalized spacial score (nSPS) is 12.5. The van der Waals surface area contributed by atoms with Crippen molar-refractivity contribution in [1.29, 1.82) is 0 Å². The molecule has 2 N–H and O–H groups in total. The maximum absolute atomic E-state index is 13.6. The summed E-state index contributed by atoms with van der Waals surface area (Å²) in [7, 11) is 0. The van der Waals surface area contributed by atoms with E-state index in [0.29, 0.717) is 0 Å². The maximum atomic E-state index is 13.6. The molecule has 2 aromatic rings. The molecule has 4 nitrogen and oxygen atoms in total. The molecule has 0 saturated heterocycles. The molecule has 2 aromatic carbocycles. The Morgan fingerprint density at radius 3 is 2.19 bits per heavy atom. The van der Waals surface area contributed by atoms with Crippen molar-refractivity contribution in [1.82, 2.24) is 5.32 Å². The standard InChI is InChI=1S/C17H12F5NO3/c18-12-3-1-2-11(14(12)19)15(24)23-13(16(25)26)8-9-4-6-10(7-5-9)17(20,21)22/h1-7,13H,8H2,(H,23,24)(H,25,26)/t13-/m1/s1. The number of hydrogen-bond donors (Lipinski definition) is 2. The molecule has 26 heavy (non-hydrogen) atoms. The van der Waals surface area contributed by atoms with Gasteiger partial charge in [0.2, 0.25) is 0 Å². The van der Waals surface area contributed by atoms with E-state index in [2.05, 4.69) is 0 Å². The van der Waals surface area contributed by atoms with Gasteiger partial charge >= 0.3 is 12.1 Å². The van der Waals surface area contributed by atoms with E-state index in [1.807, 2.05) is 5.32 Å². The van der Waals surface area contributed by atoms with Gasteiger partial charge in [0.25, 0.3) is 5.91 Å². The lowest BCUT2D eigenvalue weighted by molar-refractivity contribution is -0.139. The fraction of sp³-hybridized carbons (Fsp3) is 0.176. The van der Waals surface area contributed by atoms with Gasteiger partial charge in [0.05, 0.1) is 11.1 Å². The van der Waals surface area contributed by atoms with Gasteiger partial charge in [-0.15, -0.1) is 0 Å². The van der Waals surface area contributed by atoms with Crippen molar-refractivity contribution in [3.05, 3.63) is 70.8 Å². The third-order valence-electron chi connectivity index (χ3n) is 3.52. The molecule has 0 heterocycles. The van der Waals surface area contributed by atoms with E-state index in [4.69, 9.17) is 0 Å². The molecule has 0 bridgehead atoms. The summed E-state index contributed by atoms with van der Waals surface area (Å²) in [6.45, 7) is 0. The lowest BCUT2D eigenvalue weighted by atomic mass is 10.0. The zero-order chi connectivity index (χ0) is 19.5. The second-order valence-electron chi connectivity index (χ2n) is 5.36. The monoisotopic (exact) mass is 373 g/mol. The number of carbonyl (C=O) groups is 2. The zero-order valence-electron chi connectivity index (χ0n) is 13.0. The predicted molar refractivity (Wildman–Crippen MR) is 80.4 cm³/mol. The number of benzene rings is 2. The van der Waals surface area contributed by atoms with Crippen molar-refractivity contribution in [2.75, 3.05) is 0 Å². The molecule has 0 aromatic heterocycles. The number of alkyl halides is 3. The van der Waals surface area contributed by atoms with Crippen LogP contribution >= 0.6 is 0 Å². The molecule has 1 amide bonds. The molecule has 0 aliphatic rings. The van der Waals surface area contributed by atoms with Gasteiger partial charge in [-0.25, -0.2) is 13.6 Å². The first kappa shape index (κ1) is 19.4. The summed E-state index contributed by atoms with van der Waals surface area (Å²) in [5.41, 5.74) is -1.37. The molecule has 2 rings (SSSR count). The van der Waals surface area contributed by atoms with Gasteiger partial charge in [-0.1, -0.05) is 18.2 Å². The van der Waals surface area contributed by atoms with Crippen LogP contribution in [0.2, 0.25) is 0 Å². The quantitative estimate of drug-likeness (QED) is 0.790. The van der Waals surface area contributed by atoms with E-state index in [1.54, 1.807) is 0 Å². The number of carboxylic acid groups (broad SMARTS) is 1. The summed E-state index contributed by atoms with van der Waals surface area (Å²) in [5, 5.41) is 11.2. The van der Waals surface area contributed by atoms with Crippen LogP contribution in [0.4, 0.5) is 22.0 Å². The van der Waals surface area contributed by atoms with E-state index >= 15 is 0 Å². The third-order valence-corrected chi connectivity index (χ3v) is 3.52. The number of carboxylic acids is 1. The number of nitrogens with one attached hydrogen (secondary N) is 1. The van der Waals surface area contributed by atoms with Crippen LogP contribution < -0.4 is 5.32 Å². The predicted octanol–water partition coefficient (Wildman–Crippen LogP) is 3.41. The Labute approximate surface area is 144 Å². The number of hydrogen-bond acceptors (Lipinski definition) is 2. The molecule has 0 aliphatic carbocycles. The van der Waals surface area contributed by atoms with Gasteiger partial charge in [-0.05, 0) is 29.8 Å². The Morgan fingerprint density at radius 1 is 1.04 bits per heavy atom. The van der Waals surface area contributed by atoms with Crippen LogP contribution in [0.15, 0.2) is 42.5 Å². The highest BCUT2D eigenvalue weighted by Crippen LogP contribution is 2.29. The minimum absolute atomic E-state index is 0.213. The SMILES string of the molecule is O=C(N[C@H](Cc1ccc(C(F)(F)F)cc1)C(=O)O)c1cccc(F)c1F. The topological polar surface area (TPSA) is 66.4 Å².